The summed E-state index contributed by atoms with van der Waals surface area (Å²) in [6.07, 6.45) is 0.555. The van der Waals surface area contributed by atoms with Gasteiger partial charge >= 0.3 is 11.9 Å². The van der Waals surface area contributed by atoms with Crippen molar-refractivity contribution in [2.75, 3.05) is 5.32 Å². The molecule has 27 heavy (non-hydrogen) atoms. The number of nitrogens with one attached hydrogen (secondary N) is 1. The SMILES string of the molecule is CCC(OC(=O)c1ccc2ocnc2c1)C(=O)Nc1ccc(C(=O)O)cc1. The molecule has 1 heterocycles. The fourth-order valence-corrected chi connectivity index (χ4v) is 2.42. The van der Waals surface area contributed by atoms with Gasteiger partial charge in [0, 0.05) is 5.69 Å². The van der Waals surface area contributed by atoms with Crippen molar-refractivity contribution >= 4 is 34.6 Å². The molecule has 1 amide bonds. The molecule has 0 aliphatic heterocycles. The first-order valence-electron chi connectivity index (χ1n) is 8.16. The smallest absolute Gasteiger partial charge is 0.338 e. The van der Waals surface area contributed by atoms with E-state index < -0.39 is 23.9 Å². The molecular weight excluding hydrogens is 352 g/mol. The largest absolute Gasteiger partial charge is 0.478 e. The van der Waals surface area contributed by atoms with Crippen LogP contribution in [-0.2, 0) is 9.53 Å². The number of oxazole rings is 1. The third kappa shape index (κ3) is 4.12. The molecule has 8 heteroatoms. The average Bonchev–Trinajstić information content (AvgIpc) is 3.14. The summed E-state index contributed by atoms with van der Waals surface area (Å²) in [6.45, 7) is 1.71. The van der Waals surface area contributed by atoms with Crippen molar-refractivity contribution in [2.45, 2.75) is 19.4 Å². The molecule has 8 nitrogen and oxygen atoms in total. The van der Waals surface area contributed by atoms with Gasteiger partial charge in [0.05, 0.1) is 11.1 Å². The Balaban J connectivity index is 1.67. The van der Waals surface area contributed by atoms with Crippen LogP contribution in [0.25, 0.3) is 11.1 Å². The molecule has 1 aromatic heterocycles. The summed E-state index contributed by atoms with van der Waals surface area (Å²) in [5, 5.41) is 11.5. The summed E-state index contributed by atoms with van der Waals surface area (Å²) in [4.78, 5) is 39.5. The Morgan fingerprint density at radius 1 is 1.15 bits per heavy atom. The first-order chi connectivity index (χ1) is 13.0. The van der Waals surface area contributed by atoms with Crippen LogP contribution in [0.3, 0.4) is 0 Å². The van der Waals surface area contributed by atoms with Gasteiger partial charge < -0.3 is 19.6 Å². The molecular formula is C19H16N2O6. The Kier molecular flexibility index (Phi) is 5.16. The highest BCUT2D eigenvalue weighted by atomic mass is 16.5. The number of anilines is 1. The quantitative estimate of drug-likeness (QED) is 0.642. The molecule has 0 bridgehead atoms. The summed E-state index contributed by atoms with van der Waals surface area (Å²) in [5.41, 5.74) is 1.83. The average molecular weight is 368 g/mol. The minimum absolute atomic E-state index is 0.106. The van der Waals surface area contributed by atoms with Crippen molar-refractivity contribution in [2.24, 2.45) is 0 Å². The molecule has 1 atom stereocenters. The summed E-state index contributed by atoms with van der Waals surface area (Å²) in [5.74, 6) is -2.21. The number of carbonyl (C=O) groups excluding carboxylic acids is 2. The Labute approximate surface area is 153 Å². The van der Waals surface area contributed by atoms with E-state index in [0.717, 1.165) is 0 Å². The van der Waals surface area contributed by atoms with E-state index in [9.17, 15) is 14.4 Å². The van der Waals surface area contributed by atoms with Crippen LogP contribution in [0.4, 0.5) is 5.69 Å². The lowest BCUT2D eigenvalue weighted by Gasteiger charge is -2.16. The minimum Gasteiger partial charge on any atom is -0.478 e. The molecule has 0 spiro atoms. The fraction of sp³-hybridized carbons (Fsp3) is 0.158. The van der Waals surface area contributed by atoms with Crippen LogP contribution < -0.4 is 5.32 Å². The van der Waals surface area contributed by atoms with E-state index in [0.29, 0.717) is 16.8 Å². The zero-order valence-corrected chi connectivity index (χ0v) is 14.3. The number of amides is 1. The predicted molar refractivity (Wildman–Crippen MR) is 95.5 cm³/mol. The molecule has 2 aromatic carbocycles. The minimum atomic E-state index is -1.06. The lowest BCUT2D eigenvalue weighted by molar-refractivity contribution is -0.124. The Morgan fingerprint density at radius 3 is 2.52 bits per heavy atom. The summed E-state index contributed by atoms with van der Waals surface area (Å²) in [6, 6.07) is 10.3. The molecule has 1 unspecified atom stereocenters. The van der Waals surface area contributed by atoms with Crippen molar-refractivity contribution in [3.8, 4) is 0 Å². The van der Waals surface area contributed by atoms with Gasteiger partial charge in [0.15, 0.2) is 18.1 Å². The van der Waals surface area contributed by atoms with Gasteiger partial charge in [-0.25, -0.2) is 14.6 Å². The number of benzene rings is 2. The zero-order chi connectivity index (χ0) is 19.4. The third-order valence-corrected chi connectivity index (χ3v) is 3.88. The number of carboxylic acids is 1. The number of carbonyl (C=O) groups is 3. The molecule has 0 aliphatic rings. The number of aromatic nitrogens is 1. The van der Waals surface area contributed by atoms with Crippen LogP contribution >= 0.6 is 0 Å². The maximum absolute atomic E-state index is 12.4. The molecule has 0 saturated heterocycles. The van der Waals surface area contributed by atoms with E-state index in [1.807, 2.05) is 0 Å². The number of esters is 1. The first-order valence-corrected chi connectivity index (χ1v) is 8.16. The van der Waals surface area contributed by atoms with Crippen molar-refractivity contribution in [3.05, 3.63) is 60.0 Å². The number of fused-ring (bicyclic) bond motifs is 1. The van der Waals surface area contributed by atoms with Gasteiger partial charge in [-0.2, -0.15) is 0 Å². The molecule has 3 rings (SSSR count). The molecule has 0 saturated carbocycles. The van der Waals surface area contributed by atoms with Gasteiger partial charge in [0.2, 0.25) is 0 Å². The second-order valence-corrected chi connectivity index (χ2v) is 5.71. The van der Waals surface area contributed by atoms with Crippen molar-refractivity contribution in [1.29, 1.82) is 0 Å². The van der Waals surface area contributed by atoms with Crippen molar-refractivity contribution < 1.29 is 28.6 Å². The van der Waals surface area contributed by atoms with Crippen LogP contribution in [0.5, 0.6) is 0 Å². The van der Waals surface area contributed by atoms with Crippen LogP contribution in [0.1, 0.15) is 34.1 Å². The Hall–Kier alpha value is -3.68. The van der Waals surface area contributed by atoms with Crippen LogP contribution in [0.15, 0.2) is 53.3 Å². The summed E-state index contributed by atoms with van der Waals surface area (Å²) < 4.78 is 10.4. The lowest BCUT2D eigenvalue weighted by Crippen LogP contribution is -2.32. The van der Waals surface area contributed by atoms with E-state index in [-0.39, 0.29) is 17.5 Å². The highest BCUT2D eigenvalue weighted by Gasteiger charge is 2.22. The van der Waals surface area contributed by atoms with E-state index >= 15 is 0 Å². The number of hydrogen-bond acceptors (Lipinski definition) is 6. The number of carboxylic acid groups (broad SMARTS) is 1. The highest BCUT2D eigenvalue weighted by molar-refractivity contribution is 5.99. The molecule has 0 aliphatic carbocycles. The van der Waals surface area contributed by atoms with Gasteiger partial charge in [0.1, 0.15) is 5.52 Å². The second kappa shape index (κ2) is 7.69. The zero-order valence-electron chi connectivity index (χ0n) is 14.3. The lowest BCUT2D eigenvalue weighted by atomic mass is 10.2. The van der Waals surface area contributed by atoms with E-state index in [2.05, 4.69) is 10.3 Å². The van der Waals surface area contributed by atoms with Crippen LogP contribution in [-0.4, -0.2) is 34.0 Å². The van der Waals surface area contributed by atoms with Gasteiger partial charge in [0.25, 0.3) is 5.91 Å². The Morgan fingerprint density at radius 2 is 1.85 bits per heavy atom. The van der Waals surface area contributed by atoms with Crippen molar-refractivity contribution in [1.82, 2.24) is 4.98 Å². The van der Waals surface area contributed by atoms with Gasteiger partial charge in [-0.3, -0.25) is 4.79 Å². The maximum Gasteiger partial charge on any atom is 0.338 e. The normalized spacial score (nSPS) is 11.7. The number of hydrogen-bond donors (Lipinski definition) is 2. The fourth-order valence-electron chi connectivity index (χ4n) is 2.42. The third-order valence-electron chi connectivity index (χ3n) is 3.88. The summed E-state index contributed by atoms with van der Waals surface area (Å²) >= 11 is 0. The maximum atomic E-state index is 12.4. The molecule has 0 fully saturated rings. The highest BCUT2D eigenvalue weighted by Crippen LogP contribution is 2.17. The van der Waals surface area contributed by atoms with E-state index in [1.54, 1.807) is 13.0 Å². The standard InChI is InChI=1S/C19H16N2O6/c1-2-15(17(22)21-13-6-3-11(4-7-13)18(23)24)27-19(25)12-5-8-16-14(9-12)20-10-26-16/h3-10,15H,2H2,1H3,(H,21,22)(H,23,24). The number of nitrogens with zero attached hydrogens (tertiary/aromatic N) is 1. The van der Waals surface area contributed by atoms with Gasteiger partial charge in [-0.1, -0.05) is 6.92 Å². The van der Waals surface area contributed by atoms with E-state index in [4.69, 9.17) is 14.3 Å². The van der Waals surface area contributed by atoms with Gasteiger partial charge in [-0.15, -0.1) is 0 Å². The van der Waals surface area contributed by atoms with Crippen molar-refractivity contribution in [3.63, 3.8) is 0 Å². The van der Waals surface area contributed by atoms with E-state index in [1.165, 1.54) is 42.8 Å². The second-order valence-electron chi connectivity index (χ2n) is 5.71. The molecule has 138 valence electrons. The molecule has 2 N–H and O–H groups in total. The topological polar surface area (TPSA) is 119 Å². The Bertz CT molecular complexity index is 993. The van der Waals surface area contributed by atoms with Gasteiger partial charge in [-0.05, 0) is 48.9 Å². The van der Waals surface area contributed by atoms with Crippen LogP contribution in [0, 0.1) is 0 Å². The monoisotopic (exact) mass is 368 g/mol. The molecule has 3 aromatic rings. The predicted octanol–water partition coefficient (Wildman–Crippen LogP) is 3.10. The van der Waals surface area contributed by atoms with Crippen LogP contribution in [0.2, 0.25) is 0 Å². The number of ether oxygens (including phenoxy) is 1. The first kappa shape index (κ1) is 18.1. The number of rotatable bonds is 6. The number of aromatic carboxylic acids is 1. The summed E-state index contributed by atoms with van der Waals surface area (Å²) in [7, 11) is 0. The molecule has 0 radical (unpaired) electrons.